The zero-order chi connectivity index (χ0) is 19.1. The van der Waals surface area contributed by atoms with E-state index in [0.717, 1.165) is 31.4 Å². The minimum Gasteiger partial charge on any atom is -0.478 e. The predicted molar refractivity (Wildman–Crippen MR) is 101 cm³/mol. The molecule has 2 saturated carbocycles. The Kier molecular flexibility index (Phi) is 5.05. The first-order chi connectivity index (χ1) is 12.3. The van der Waals surface area contributed by atoms with Gasteiger partial charge in [-0.2, -0.15) is 0 Å². The van der Waals surface area contributed by atoms with Crippen molar-refractivity contribution < 1.29 is 15.0 Å². The fourth-order valence-corrected chi connectivity index (χ4v) is 6.02. The summed E-state index contributed by atoms with van der Waals surface area (Å²) in [5.41, 5.74) is 6.80. The van der Waals surface area contributed by atoms with Gasteiger partial charge in [0.05, 0.1) is 11.7 Å². The average molecular weight is 364 g/mol. The van der Waals surface area contributed by atoms with E-state index in [9.17, 15) is 15.0 Å². The molecule has 0 aromatic heterocycles. The lowest BCUT2D eigenvalue weighted by Gasteiger charge is -2.52. The third kappa shape index (κ3) is 2.63. The van der Waals surface area contributed by atoms with Crippen LogP contribution in [0, 0.1) is 22.7 Å². The molecule has 5 atom stereocenters. The Hall–Kier alpha value is -1.60. The summed E-state index contributed by atoms with van der Waals surface area (Å²) in [5.74, 6) is 0.187. The summed E-state index contributed by atoms with van der Waals surface area (Å²) in [6.07, 6.45) is 2.54. The molecule has 0 aliphatic heterocycles. The van der Waals surface area contributed by atoms with Crippen LogP contribution >= 0.6 is 0 Å². The van der Waals surface area contributed by atoms with E-state index in [4.69, 9.17) is 5.73 Å². The third-order valence-corrected chi connectivity index (χ3v) is 7.36. The number of hydrogen-bond acceptors (Lipinski definition) is 4. The molecule has 0 aromatic carbocycles. The van der Waals surface area contributed by atoms with Crippen LogP contribution in [0.4, 0.5) is 0 Å². The van der Waals surface area contributed by atoms with Gasteiger partial charge in [-0.25, -0.2) is 4.79 Å². The topological polar surface area (TPSA) is 120 Å². The molecule has 3 rings (SSSR count). The summed E-state index contributed by atoms with van der Waals surface area (Å²) in [4.78, 5) is 16.4. The maximum atomic E-state index is 11.8. The molecule has 3 aliphatic rings. The number of nitrogens with two attached hydrogens (primary N) is 1. The second-order valence-electron chi connectivity index (χ2n) is 8.42. The first-order valence-corrected chi connectivity index (χ1v) is 9.61. The fraction of sp³-hybridized carbons (Fsp3) is 0.789. The van der Waals surface area contributed by atoms with Gasteiger partial charge in [0.1, 0.15) is 0 Å². The molecule has 0 unspecified atom stereocenters. The fourth-order valence-electron chi connectivity index (χ4n) is 6.02. The van der Waals surface area contributed by atoms with Gasteiger partial charge in [-0.1, -0.05) is 13.8 Å². The predicted octanol–water partition coefficient (Wildman–Crippen LogP) is 0.698. The molecule has 2 fully saturated rings. The SMILES string of the molecule is CNCCNC(N)=NC[C@]1(C)[C@@H]2CC[C@@H](C)[C@]13C[C@H](O)C(C(=O)O)=C3C2. The lowest BCUT2D eigenvalue weighted by Crippen LogP contribution is -2.50. The molecule has 6 N–H and O–H groups in total. The van der Waals surface area contributed by atoms with Gasteiger partial charge < -0.3 is 26.6 Å². The van der Waals surface area contributed by atoms with Crippen LogP contribution in [0.25, 0.3) is 0 Å². The van der Waals surface area contributed by atoms with Crippen LogP contribution in [0.2, 0.25) is 0 Å². The number of nitrogens with zero attached hydrogens (tertiary/aromatic N) is 1. The number of guanidine groups is 1. The van der Waals surface area contributed by atoms with Crippen molar-refractivity contribution in [1.29, 1.82) is 0 Å². The van der Waals surface area contributed by atoms with Crippen molar-refractivity contribution in [3.63, 3.8) is 0 Å². The summed E-state index contributed by atoms with van der Waals surface area (Å²) in [6.45, 7) is 6.50. The van der Waals surface area contributed by atoms with Crippen molar-refractivity contribution in [3.8, 4) is 0 Å². The maximum Gasteiger partial charge on any atom is 0.334 e. The van der Waals surface area contributed by atoms with Crippen LogP contribution in [0.3, 0.4) is 0 Å². The minimum absolute atomic E-state index is 0.173. The number of aliphatic hydroxyl groups is 1. The summed E-state index contributed by atoms with van der Waals surface area (Å²) >= 11 is 0. The van der Waals surface area contributed by atoms with Crippen LogP contribution < -0.4 is 16.4 Å². The van der Waals surface area contributed by atoms with E-state index in [1.54, 1.807) is 0 Å². The number of rotatable bonds is 6. The molecule has 7 heteroatoms. The van der Waals surface area contributed by atoms with E-state index in [2.05, 4.69) is 29.5 Å². The van der Waals surface area contributed by atoms with E-state index < -0.39 is 12.1 Å². The van der Waals surface area contributed by atoms with E-state index in [1.165, 1.54) is 0 Å². The van der Waals surface area contributed by atoms with E-state index in [-0.39, 0.29) is 16.4 Å². The molecule has 0 heterocycles. The third-order valence-electron chi connectivity index (χ3n) is 7.36. The molecule has 0 radical (unpaired) electrons. The van der Waals surface area contributed by atoms with Crippen LogP contribution in [0.1, 0.15) is 39.5 Å². The average Bonchev–Trinajstić information content (AvgIpc) is 2.94. The number of carbonyl (C=O) groups is 1. The maximum absolute atomic E-state index is 11.8. The molecular weight excluding hydrogens is 332 g/mol. The summed E-state index contributed by atoms with van der Waals surface area (Å²) in [6, 6.07) is 0. The number of fused-ring (bicyclic) bond motifs is 1. The highest BCUT2D eigenvalue weighted by Crippen LogP contribution is 2.72. The van der Waals surface area contributed by atoms with E-state index in [0.29, 0.717) is 37.3 Å². The van der Waals surface area contributed by atoms with Crippen molar-refractivity contribution in [2.45, 2.75) is 45.6 Å². The first kappa shape index (κ1) is 19.2. The first-order valence-electron chi connectivity index (χ1n) is 9.61. The molecule has 1 spiro atoms. The van der Waals surface area contributed by atoms with Gasteiger partial charge in [0.2, 0.25) is 0 Å². The molecular formula is C19H32N4O3. The van der Waals surface area contributed by atoms with Gasteiger partial charge >= 0.3 is 5.97 Å². The molecule has 0 saturated heterocycles. The Bertz CT molecular complexity index is 647. The summed E-state index contributed by atoms with van der Waals surface area (Å²) < 4.78 is 0. The van der Waals surface area contributed by atoms with Crippen LogP contribution in [0.5, 0.6) is 0 Å². The van der Waals surface area contributed by atoms with Crippen molar-refractivity contribution in [2.75, 3.05) is 26.7 Å². The minimum atomic E-state index is -0.969. The van der Waals surface area contributed by atoms with E-state index >= 15 is 0 Å². The van der Waals surface area contributed by atoms with Gasteiger partial charge in [-0.15, -0.1) is 0 Å². The second-order valence-corrected chi connectivity index (χ2v) is 8.42. The van der Waals surface area contributed by atoms with Crippen molar-refractivity contribution >= 4 is 11.9 Å². The van der Waals surface area contributed by atoms with Gasteiger partial charge in [0.25, 0.3) is 0 Å². The highest BCUT2D eigenvalue weighted by Gasteiger charge is 2.68. The Morgan fingerprint density at radius 2 is 2.12 bits per heavy atom. The van der Waals surface area contributed by atoms with Crippen LogP contribution in [0.15, 0.2) is 16.1 Å². The number of hydrogen-bond donors (Lipinski definition) is 5. The molecule has 146 valence electrons. The Labute approximate surface area is 155 Å². The largest absolute Gasteiger partial charge is 0.478 e. The smallest absolute Gasteiger partial charge is 0.334 e. The highest BCUT2D eigenvalue weighted by atomic mass is 16.4. The van der Waals surface area contributed by atoms with Crippen molar-refractivity contribution in [1.82, 2.24) is 10.6 Å². The Balaban J connectivity index is 1.93. The molecule has 0 aromatic rings. The van der Waals surface area contributed by atoms with Crippen LogP contribution in [-0.2, 0) is 4.79 Å². The molecule has 26 heavy (non-hydrogen) atoms. The number of carboxylic acids is 1. The van der Waals surface area contributed by atoms with Crippen molar-refractivity contribution in [3.05, 3.63) is 11.1 Å². The second kappa shape index (κ2) is 6.85. The van der Waals surface area contributed by atoms with Crippen molar-refractivity contribution in [2.24, 2.45) is 33.4 Å². The quantitative estimate of drug-likeness (QED) is 0.269. The highest BCUT2D eigenvalue weighted by molar-refractivity contribution is 5.90. The summed E-state index contributed by atoms with van der Waals surface area (Å²) in [5, 5.41) is 26.3. The lowest BCUT2D eigenvalue weighted by atomic mass is 9.52. The standard InChI is InChI=1S/C19H32N4O3/c1-11-4-5-12-8-13-15(16(25)26)14(24)9-19(11,13)18(12,2)10-23-17(20)22-7-6-21-3/h11-12,14,21,24H,4-10H2,1-3H3,(H,25,26)(H3,20,22,23)/t11-,12-,14+,18-,19+/m1/s1. The van der Waals surface area contributed by atoms with E-state index in [1.807, 2.05) is 7.05 Å². The number of aliphatic carboxylic acids is 1. The number of likely N-dealkylation sites (N-methyl/N-ethyl adjacent to an activating group) is 1. The van der Waals surface area contributed by atoms with Gasteiger partial charge in [-0.3, -0.25) is 4.99 Å². The molecule has 3 aliphatic carbocycles. The molecule has 7 nitrogen and oxygen atoms in total. The van der Waals surface area contributed by atoms with Gasteiger partial charge in [0.15, 0.2) is 5.96 Å². The van der Waals surface area contributed by atoms with Gasteiger partial charge in [0, 0.05) is 30.5 Å². The molecule has 0 amide bonds. The Morgan fingerprint density at radius 1 is 1.38 bits per heavy atom. The number of nitrogens with one attached hydrogen (secondary N) is 2. The lowest BCUT2D eigenvalue weighted by molar-refractivity contribution is -0.133. The molecule has 2 bridgehead atoms. The zero-order valence-electron chi connectivity index (χ0n) is 16.0. The van der Waals surface area contributed by atoms with Crippen LogP contribution in [-0.4, -0.2) is 54.9 Å². The Morgan fingerprint density at radius 3 is 2.77 bits per heavy atom. The normalized spacial score (nSPS) is 39.2. The summed E-state index contributed by atoms with van der Waals surface area (Å²) in [7, 11) is 1.88. The number of allylic oxidation sites excluding steroid dienone is 1. The number of aliphatic hydroxyl groups excluding tert-OH is 1. The van der Waals surface area contributed by atoms with Gasteiger partial charge in [-0.05, 0) is 50.1 Å². The number of carboxylic acid groups (broad SMARTS) is 1. The monoisotopic (exact) mass is 364 g/mol. The number of aliphatic imine (C=N–C) groups is 1. The zero-order valence-corrected chi connectivity index (χ0v) is 16.0.